The molecule has 6 rings (SSSR count). The molecule has 2 fully saturated rings. The number of aliphatic hydroxyl groups excluding tert-OH is 1. The van der Waals surface area contributed by atoms with Crippen molar-refractivity contribution in [1.82, 2.24) is 24.1 Å². The number of benzene rings is 1. The third-order valence-corrected chi connectivity index (χ3v) is 6.81. The van der Waals surface area contributed by atoms with Crippen LogP contribution in [0.3, 0.4) is 0 Å². The second kappa shape index (κ2) is 8.35. The number of piperidine rings is 1. The molecule has 0 radical (unpaired) electrons. The van der Waals surface area contributed by atoms with Gasteiger partial charge in [0.25, 0.3) is 0 Å². The fourth-order valence-corrected chi connectivity index (χ4v) is 5.07. The molecule has 35 heavy (non-hydrogen) atoms. The van der Waals surface area contributed by atoms with Gasteiger partial charge in [-0.15, -0.1) is 5.10 Å². The smallest absolute Gasteiger partial charge is 0.248 e. The Bertz CT molecular complexity index is 1360. The largest absolute Gasteiger partial charge is 0.493 e. The quantitative estimate of drug-likeness (QED) is 0.396. The van der Waals surface area contributed by atoms with Gasteiger partial charge in [-0.3, -0.25) is 0 Å². The first-order valence-corrected chi connectivity index (χ1v) is 11.5. The normalized spacial score (nSPS) is 20.7. The summed E-state index contributed by atoms with van der Waals surface area (Å²) in [4.78, 5) is 11.6. The minimum Gasteiger partial charge on any atom is -0.493 e. The number of imidazole rings is 1. The zero-order valence-electron chi connectivity index (χ0n) is 19.8. The molecule has 4 heterocycles. The van der Waals surface area contributed by atoms with Crippen LogP contribution in [0.25, 0.3) is 11.2 Å². The molecule has 3 atom stereocenters. The summed E-state index contributed by atoms with van der Waals surface area (Å²) in [5.74, 6) is 4.12. The highest BCUT2D eigenvalue weighted by Crippen LogP contribution is 2.50. The molecule has 2 N–H and O–H groups in total. The highest BCUT2D eigenvalue weighted by Gasteiger charge is 2.52. The van der Waals surface area contributed by atoms with Crippen LogP contribution in [0.2, 0.25) is 0 Å². The van der Waals surface area contributed by atoms with Crippen LogP contribution in [0.15, 0.2) is 43.0 Å². The number of nitrogens with zero attached hydrogens (tertiary/aromatic N) is 6. The Balaban J connectivity index is 1.32. The summed E-state index contributed by atoms with van der Waals surface area (Å²) >= 11 is 0. The third-order valence-electron chi connectivity index (χ3n) is 6.81. The van der Waals surface area contributed by atoms with E-state index in [2.05, 4.69) is 20.3 Å². The predicted octanol–water partition coefficient (Wildman–Crippen LogP) is 2.64. The number of aliphatic hydroxyl groups is 1. The van der Waals surface area contributed by atoms with E-state index in [0.717, 1.165) is 29.9 Å². The number of hydrogen-bond donors (Lipinski definition) is 2. The topological polar surface area (TPSA) is 111 Å². The number of aromatic nitrogens is 5. The lowest BCUT2D eigenvalue weighted by molar-refractivity contribution is 0.259. The summed E-state index contributed by atoms with van der Waals surface area (Å²) in [5, 5.41) is 17.8. The highest BCUT2D eigenvalue weighted by molar-refractivity contribution is 5.72. The lowest BCUT2D eigenvalue weighted by Gasteiger charge is -2.28. The van der Waals surface area contributed by atoms with Crippen LogP contribution in [-0.4, -0.2) is 69.3 Å². The average molecular weight is 478 g/mol. The van der Waals surface area contributed by atoms with E-state index in [4.69, 9.17) is 19.2 Å². The van der Waals surface area contributed by atoms with E-state index in [1.165, 1.54) is 0 Å². The number of nitrogens with one attached hydrogen (secondary N) is 1. The molecular formula is C24H27N7O4. The van der Waals surface area contributed by atoms with Crippen LogP contribution >= 0.6 is 0 Å². The molecule has 1 unspecified atom stereocenters. The number of anilines is 3. The fourth-order valence-electron chi connectivity index (χ4n) is 5.07. The Kier molecular flexibility index (Phi) is 5.14. The maximum Gasteiger partial charge on any atom is 0.248 e. The highest BCUT2D eigenvalue weighted by atomic mass is 16.5. The van der Waals surface area contributed by atoms with Crippen molar-refractivity contribution in [2.45, 2.75) is 24.9 Å². The van der Waals surface area contributed by atoms with Crippen molar-refractivity contribution in [2.75, 3.05) is 38.2 Å². The summed E-state index contributed by atoms with van der Waals surface area (Å²) in [6.45, 7) is 0.117. The second-order valence-electron chi connectivity index (χ2n) is 8.81. The van der Waals surface area contributed by atoms with Crippen LogP contribution in [0.1, 0.15) is 12.8 Å². The Labute approximate surface area is 201 Å². The van der Waals surface area contributed by atoms with Crippen LogP contribution in [-0.2, 0) is 0 Å². The standard InChI is InChI=1S/C24H27N7O4/c1-33-19-9-15(10-20(34-2)22(19)35-3)29-11-21(25-13-29)26-24-27-23(17-5-4-6-30(17)28-24)31-16(12-32)7-14-8-18(14)31/h4-6,9-11,13-14,16,18,32H,7-8,12H2,1-3H3,(H,26,28)/t14?,16-,18+/m0/s1. The molecule has 182 valence electrons. The molecule has 0 amide bonds. The van der Waals surface area contributed by atoms with Crippen molar-refractivity contribution in [1.29, 1.82) is 0 Å². The Morgan fingerprint density at radius 3 is 2.63 bits per heavy atom. The first-order chi connectivity index (χ1) is 17.1. The van der Waals surface area contributed by atoms with E-state index < -0.39 is 0 Å². The molecule has 11 nitrogen and oxygen atoms in total. The van der Waals surface area contributed by atoms with Gasteiger partial charge in [-0.05, 0) is 30.9 Å². The molecule has 1 aliphatic heterocycles. The van der Waals surface area contributed by atoms with Crippen LogP contribution < -0.4 is 24.4 Å². The zero-order chi connectivity index (χ0) is 24.1. The van der Waals surface area contributed by atoms with Crippen LogP contribution in [0, 0.1) is 5.92 Å². The number of fused-ring (bicyclic) bond motifs is 2. The molecule has 0 bridgehead atoms. The SMILES string of the molecule is COc1cc(-n2cnc(Nc3nc(N4[C@H](CO)CC5C[C@H]54)c4cccn4n3)c2)cc(OC)c1OC. The van der Waals surface area contributed by atoms with E-state index in [1.54, 1.807) is 27.7 Å². The summed E-state index contributed by atoms with van der Waals surface area (Å²) in [6, 6.07) is 8.17. The van der Waals surface area contributed by atoms with E-state index in [-0.39, 0.29) is 12.6 Å². The van der Waals surface area contributed by atoms with Gasteiger partial charge in [-0.2, -0.15) is 4.98 Å². The first kappa shape index (κ1) is 21.5. The summed E-state index contributed by atoms with van der Waals surface area (Å²) < 4.78 is 20.0. The summed E-state index contributed by atoms with van der Waals surface area (Å²) in [7, 11) is 4.74. The van der Waals surface area contributed by atoms with Gasteiger partial charge in [0.05, 0.1) is 45.9 Å². The van der Waals surface area contributed by atoms with E-state index in [9.17, 15) is 5.11 Å². The van der Waals surface area contributed by atoms with Crippen LogP contribution in [0.4, 0.5) is 17.6 Å². The molecule has 1 saturated carbocycles. The van der Waals surface area contributed by atoms with E-state index >= 15 is 0 Å². The molecule has 1 saturated heterocycles. The zero-order valence-corrected chi connectivity index (χ0v) is 19.8. The number of rotatable bonds is 8. The van der Waals surface area contributed by atoms with Gasteiger partial charge in [0.15, 0.2) is 23.1 Å². The van der Waals surface area contributed by atoms with Crippen molar-refractivity contribution in [3.63, 3.8) is 0 Å². The summed E-state index contributed by atoms with van der Waals surface area (Å²) in [5.41, 5.74) is 1.72. The van der Waals surface area contributed by atoms with Gasteiger partial charge in [-0.1, -0.05) is 0 Å². The van der Waals surface area contributed by atoms with Crippen molar-refractivity contribution >= 4 is 23.1 Å². The maximum atomic E-state index is 9.94. The Hall–Kier alpha value is -3.99. The van der Waals surface area contributed by atoms with Gasteiger partial charge in [0.1, 0.15) is 11.8 Å². The van der Waals surface area contributed by atoms with Gasteiger partial charge < -0.3 is 34.1 Å². The van der Waals surface area contributed by atoms with Gasteiger partial charge in [-0.25, -0.2) is 9.50 Å². The molecule has 0 spiro atoms. The van der Waals surface area contributed by atoms with Gasteiger partial charge in [0, 0.05) is 24.4 Å². The molecule has 2 aliphatic rings. The second-order valence-corrected chi connectivity index (χ2v) is 8.81. The number of ether oxygens (including phenoxy) is 3. The van der Waals surface area contributed by atoms with E-state index in [0.29, 0.717) is 41.0 Å². The first-order valence-electron chi connectivity index (χ1n) is 11.5. The fraction of sp³-hybridized carbons (Fsp3) is 0.375. The summed E-state index contributed by atoms with van der Waals surface area (Å²) in [6.07, 6.45) is 7.58. The van der Waals surface area contributed by atoms with Gasteiger partial charge >= 0.3 is 0 Å². The lowest BCUT2D eigenvalue weighted by atomic mass is 10.2. The molecule has 11 heteroatoms. The molecule has 3 aromatic heterocycles. The number of methoxy groups -OCH3 is 3. The molecule has 1 aromatic carbocycles. The van der Waals surface area contributed by atoms with E-state index in [1.807, 2.05) is 45.7 Å². The monoisotopic (exact) mass is 477 g/mol. The Morgan fingerprint density at radius 2 is 1.91 bits per heavy atom. The molecule has 1 aliphatic carbocycles. The van der Waals surface area contributed by atoms with Crippen molar-refractivity contribution in [3.05, 3.63) is 43.0 Å². The van der Waals surface area contributed by atoms with Crippen molar-refractivity contribution in [3.8, 4) is 22.9 Å². The predicted molar refractivity (Wildman–Crippen MR) is 129 cm³/mol. The minimum atomic E-state index is 0.0828. The average Bonchev–Trinajstić information content (AvgIpc) is 3.25. The maximum absolute atomic E-state index is 9.94. The van der Waals surface area contributed by atoms with Gasteiger partial charge in [0.2, 0.25) is 11.7 Å². The molecule has 4 aromatic rings. The minimum absolute atomic E-state index is 0.0828. The number of hydrogen-bond acceptors (Lipinski definition) is 9. The van der Waals surface area contributed by atoms with Crippen LogP contribution in [0.5, 0.6) is 17.2 Å². The van der Waals surface area contributed by atoms with Crippen molar-refractivity contribution < 1.29 is 19.3 Å². The third kappa shape index (κ3) is 3.59. The lowest BCUT2D eigenvalue weighted by Crippen LogP contribution is -2.36. The van der Waals surface area contributed by atoms with Crippen molar-refractivity contribution in [2.24, 2.45) is 5.92 Å². The molecular weight excluding hydrogens is 450 g/mol. The Morgan fingerprint density at radius 1 is 1.11 bits per heavy atom.